The molecule has 0 N–H and O–H groups in total. The fourth-order valence-corrected chi connectivity index (χ4v) is 23.5. The number of rotatable bonds is 12. The van der Waals surface area contributed by atoms with E-state index in [0.29, 0.717) is 0 Å². The molecule has 21 aromatic rings. The summed E-state index contributed by atoms with van der Waals surface area (Å²) in [5.41, 5.74) is 31.5. The van der Waals surface area contributed by atoms with E-state index in [1.54, 1.807) is 0 Å². The lowest BCUT2D eigenvalue weighted by Gasteiger charge is -2.48. The van der Waals surface area contributed by atoms with Gasteiger partial charge in [-0.15, -0.1) is 34.0 Å². The average molecular weight is 1570 g/mol. The first-order valence-corrected chi connectivity index (χ1v) is 43.2. The van der Waals surface area contributed by atoms with Crippen LogP contribution >= 0.6 is 34.0 Å². The van der Waals surface area contributed by atoms with Gasteiger partial charge in [0.25, 0.3) is 13.4 Å². The van der Waals surface area contributed by atoms with Gasteiger partial charge in [0, 0.05) is 134 Å². The lowest BCUT2D eigenvalue weighted by Crippen LogP contribution is -2.65. The summed E-state index contributed by atoms with van der Waals surface area (Å²) in [6, 6.07) is 156. The van der Waals surface area contributed by atoms with Gasteiger partial charge in [-0.25, -0.2) is 0 Å². The molecule has 18 aromatic carbocycles. The Balaban J connectivity index is 0.844. The molecule has 0 spiro atoms. The zero-order valence-electron chi connectivity index (χ0n) is 64.3. The average Bonchev–Trinajstić information content (AvgIpc) is 0.886. The van der Waals surface area contributed by atoms with Crippen LogP contribution in [0.3, 0.4) is 0 Å². The summed E-state index contributed by atoms with van der Waals surface area (Å²) in [5.74, 6) is 0. The summed E-state index contributed by atoms with van der Waals surface area (Å²) in [6.07, 6.45) is 0. The van der Waals surface area contributed by atoms with E-state index in [9.17, 15) is 0 Å². The van der Waals surface area contributed by atoms with Gasteiger partial charge in [-0.2, -0.15) is 0 Å². The largest absolute Gasteiger partial charge is 0.311 e. The summed E-state index contributed by atoms with van der Waals surface area (Å²) in [4.78, 5) is 15.7. The van der Waals surface area contributed by atoms with Crippen molar-refractivity contribution >= 4 is 243 Å². The molecule has 4 aliphatic heterocycles. The van der Waals surface area contributed by atoms with E-state index in [-0.39, 0.29) is 13.4 Å². The number of thiophene rings is 3. The van der Waals surface area contributed by atoms with E-state index in [2.05, 4.69) is 442 Å². The highest BCUT2D eigenvalue weighted by Crippen LogP contribution is 2.57. The summed E-state index contributed by atoms with van der Waals surface area (Å²) in [5, 5.41) is 7.44. The second kappa shape index (κ2) is 27.1. The van der Waals surface area contributed by atoms with Crippen LogP contribution in [0.25, 0.3) is 82.8 Å². The van der Waals surface area contributed by atoms with Gasteiger partial charge in [-0.05, 0) is 189 Å². The maximum atomic E-state index is 2.70. The second-order valence-electron chi connectivity index (χ2n) is 31.3. The van der Waals surface area contributed by atoms with Gasteiger partial charge in [0.1, 0.15) is 0 Å². The number of nitrogens with zero attached hydrogens (tertiary/aromatic N) is 6. The van der Waals surface area contributed by atoms with Gasteiger partial charge in [-0.1, -0.05) is 267 Å². The fraction of sp³-hybridized carbons (Fsp3) is 0. The van der Waals surface area contributed by atoms with Crippen LogP contribution in [-0.2, 0) is 0 Å². The Hall–Kier alpha value is -14.5. The number of hydrogen-bond donors (Lipinski definition) is 0. The standard InChI is InChI=1S/C108H68B2N6S3/c1-6-33-69(34-7-1)76-43-16-23-50-85(76)113-92-68-93-84(67-83(92)109-81-48-21-25-52-87(81)115(90-55-31-61-102-105(90)79-46-19-28-58-99(79)118-102)96-64-74(63-94(113)107(96)109)111(71-37-10-3-11-38-71)72-39-12-4-13-40-72)110-82-49-22-26-53-88(82)116(91-56-32-62-103-106(91)80-47-20-29-59-100(80)119-103)97-66-75(65-95(108(97)110)114(93)86-51-24-17-44-77(86)70-35-8-2-9-36-70)112(73-41-14-5-15-42-73)89-54-30-60-101-104(89)78-45-18-27-57-98(78)117-101/h1-68H. The van der Waals surface area contributed by atoms with Gasteiger partial charge in [0.15, 0.2) is 0 Å². The van der Waals surface area contributed by atoms with E-state index < -0.39 is 0 Å². The zero-order chi connectivity index (χ0) is 77.9. The maximum Gasteiger partial charge on any atom is 0.252 e. The van der Waals surface area contributed by atoms with E-state index in [0.717, 1.165) is 125 Å². The van der Waals surface area contributed by atoms with Crippen LogP contribution in [0.5, 0.6) is 0 Å². The minimum atomic E-state index is -0.298. The molecule has 0 saturated carbocycles. The molecule has 554 valence electrons. The smallest absolute Gasteiger partial charge is 0.252 e. The molecule has 0 radical (unpaired) electrons. The van der Waals surface area contributed by atoms with Crippen LogP contribution in [0.4, 0.5) is 102 Å². The van der Waals surface area contributed by atoms with Gasteiger partial charge in [-0.3, -0.25) is 0 Å². The molecule has 11 heteroatoms. The predicted octanol–water partition coefficient (Wildman–Crippen LogP) is 27.2. The fourth-order valence-electron chi connectivity index (χ4n) is 20.1. The highest BCUT2D eigenvalue weighted by atomic mass is 32.1. The highest BCUT2D eigenvalue weighted by Gasteiger charge is 2.50. The molecule has 3 aromatic heterocycles. The number of fused-ring (bicyclic) bond motifs is 17. The van der Waals surface area contributed by atoms with Crippen molar-refractivity contribution in [3.63, 3.8) is 0 Å². The van der Waals surface area contributed by atoms with Gasteiger partial charge in [0.05, 0.1) is 39.8 Å². The van der Waals surface area contributed by atoms with Crippen LogP contribution in [0, 0.1) is 0 Å². The van der Waals surface area contributed by atoms with Crippen LogP contribution in [-0.4, -0.2) is 13.4 Å². The van der Waals surface area contributed by atoms with Crippen molar-refractivity contribution in [1.82, 2.24) is 0 Å². The second-order valence-corrected chi connectivity index (χ2v) is 34.5. The Kier molecular flexibility index (Phi) is 15.4. The molecular formula is C108H68B2N6S3. The quantitative estimate of drug-likeness (QED) is 0.113. The molecule has 0 saturated heterocycles. The topological polar surface area (TPSA) is 19.4 Å². The monoisotopic (exact) mass is 1570 g/mol. The normalized spacial score (nSPS) is 12.9. The molecule has 4 aliphatic rings. The third kappa shape index (κ3) is 10.4. The predicted molar refractivity (Wildman–Crippen MR) is 513 cm³/mol. The van der Waals surface area contributed by atoms with Crippen LogP contribution < -0.4 is 62.2 Å². The Morgan fingerprint density at radius 2 is 0.504 bits per heavy atom. The number of benzene rings is 18. The van der Waals surface area contributed by atoms with Crippen molar-refractivity contribution < 1.29 is 0 Å². The lowest BCUT2D eigenvalue weighted by atomic mass is 9.30. The molecule has 0 bridgehead atoms. The Morgan fingerprint density at radius 3 is 0.941 bits per heavy atom. The molecule has 0 amide bonds. The van der Waals surface area contributed by atoms with Gasteiger partial charge in [0.2, 0.25) is 0 Å². The molecule has 0 fully saturated rings. The Labute approximate surface area is 701 Å². The molecular weight excluding hydrogens is 1500 g/mol. The number of hydrogen-bond acceptors (Lipinski definition) is 9. The summed E-state index contributed by atoms with van der Waals surface area (Å²) in [7, 11) is 0. The molecule has 0 aliphatic carbocycles. The zero-order valence-corrected chi connectivity index (χ0v) is 66.8. The van der Waals surface area contributed by atoms with Crippen molar-refractivity contribution in [2.45, 2.75) is 0 Å². The third-order valence-electron chi connectivity index (χ3n) is 24.9. The molecule has 25 rings (SSSR count). The first kappa shape index (κ1) is 67.8. The van der Waals surface area contributed by atoms with E-state index in [4.69, 9.17) is 0 Å². The molecule has 7 heterocycles. The van der Waals surface area contributed by atoms with E-state index in [1.807, 2.05) is 34.0 Å². The van der Waals surface area contributed by atoms with Crippen molar-refractivity contribution in [3.8, 4) is 22.3 Å². The van der Waals surface area contributed by atoms with Gasteiger partial charge >= 0.3 is 0 Å². The Bertz CT molecular complexity index is 7660. The molecule has 119 heavy (non-hydrogen) atoms. The third-order valence-corrected chi connectivity index (χ3v) is 28.3. The van der Waals surface area contributed by atoms with Crippen molar-refractivity contribution in [1.29, 1.82) is 0 Å². The Morgan fingerprint density at radius 1 is 0.193 bits per heavy atom. The van der Waals surface area contributed by atoms with Gasteiger partial charge < -0.3 is 29.4 Å². The minimum absolute atomic E-state index is 0.286. The highest BCUT2D eigenvalue weighted by molar-refractivity contribution is 7.26. The van der Waals surface area contributed by atoms with Crippen LogP contribution in [0.1, 0.15) is 0 Å². The number of anilines is 18. The van der Waals surface area contributed by atoms with Crippen molar-refractivity contribution in [2.24, 2.45) is 0 Å². The molecule has 0 unspecified atom stereocenters. The molecule has 0 atom stereocenters. The first-order valence-electron chi connectivity index (χ1n) is 40.8. The van der Waals surface area contributed by atoms with Crippen molar-refractivity contribution in [2.75, 3.05) is 29.4 Å². The summed E-state index contributed by atoms with van der Waals surface area (Å²) in [6.45, 7) is -0.584. The van der Waals surface area contributed by atoms with Crippen molar-refractivity contribution in [3.05, 3.63) is 413 Å². The van der Waals surface area contributed by atoms with Crippen LogP contribution in [0.2, 0.25) is 0 Å². The lowest BCUT2D eigenvalue weighted by molar-refractivity contribution is 1.22. The number of para-hydroxylation sites is 7. The van der Waals surface area contributed by atoms with Crippen LogP contribution in [0.15, 0.2) is 413 Å². The van der Waals surface area contributed by atoms with E-state index in [1.165, 1.54) is 93.3 Å². The summed E-state index contributed by atoms with van der Waals surface area (Å²) < 4.78 is 7.51. The maximum absolute atomic E-state index is 2.70. The minimum Gasteiger partial charge on any atom is -0.311 e. The summed E-state index contributed by atoms with van der Waals surface area (Å²) >= 11 is 5.61. The molecule has 6 nitrogen and oxygen atoms in total. The van der Waals surface area contributed by atoms with E-state index >= 15 is 0 Å². The SMILES string of the molecule is c1ccc(-c2ccccc2N2c3cc4c(cc3B3c5ccccc5N(c5cccc6sc7ccccc7c56)c5cc(N(c6ccccc6)c6ccccc6)cc2c53)B2c3ccccc3N(c3cccc5sc6ccccc6c35)c3cc(N(c5ccccc5)c5cccc6sc7ccccc7c56)cc(c32)N4c2ccccc2-c2ccccc2)cc1. The first-order chi connectivity index (χ1) is 59.1.